The van der Waals surface area contributed by atoms with Gasteiger partial charge in [0.25, 0.3) is 5.91 Å². The zero-order valence-electron chi connectivity index (χ0n) is 23.6. The van der Waals surface area contributed by atoms with Gasteiger partial charge in [0, 0.05) is 72.6 Å². The first-order valence-electron chi connectivity index (χ1n) is 13.8. The first-order chi connectivity index (χ1) is 19.8. The Morgan fingerprint density at radius 3 is 2.52 bits per heavy atom. The number of carboxylic acid groups (broad SMARTS) is 1. The summed E-state index contributed by atoms with van der Waals surface area (Å²) in [6.07, 6.45) is 8.45. The molecule has 2 aromatic carbocycles. The molecule has 0 bridgehead atoms. The zero-order chi connectivity index (χ0) is 28.3. The molecule has 7 rings (SSSR count). The number of carbonyl (C=O) groups is 3. The minimum Gasteiger partial charge on any atom is -0.545 e. The number of benzene rings is 2. The van der Waals surface area contributed by atoms with Crippen LogP contribution in [0.25, 0.3) is 22.0 Å². The maximum Gasteiger partial charge on any atom is 1.00 e. The Morgan fingerprint density at radius 2 is 1.81 bits per heavy atom. The molecular formula is C32H28N3NaO6. The van der Waals surface area contributed by atoms with E-state index in [1.54, 1.807) is 31.5 Å². The molecule has 42 heavy (non-hydrogen) atoms. The molecule has 2 fully saturated rings. The van der Waals surface area contributed by atoms with Crippen molar-refractivity contribution in [1.29, 1.82) is 0 Å². The van der Waals surface area contributed by atoms with Crippen LogP contribution in [-0.2, 0) is 0 Å². The average Bonchev–Trinajstić information content (AvgIpc) is 3.74. The molecule has 0 radical (unpaired) electrons. The van der Waals surface area contributed by atoms with Crippen molar-refractivity contribution < 1.29 is 58.5 Å². The summed E-state index contributed by atoms with van der Waals surface area (Å²) in [5.41, 5.74) is 2.63. The van der Waals surface area contributed by atoms with Gasteiger partial charge in [0.15, 0.2) is 5.78 Å². The summed E-state index contributed by atoms with van der Waals surface area (Å²) in [5, 5.41) is 12.2. The van der Waals surface area contributed by atoms with Gasteiger partial charge in [-0.2, -0.15) is 0 Å². The van der Waals surface area contributed by atoms with Gasteiger partial charge in [0.2, 0.25) is 0 Å². The van der Waals surface area contributed by atoms with Crippen LogP contribution < -0.4 is 44.1 Å². The van der Waals surface area contributed by atoms with Crippen molar-refractivity contribution >= 4 is 28.6 Å². The molecule has 1 saturated heterocycles. The molecule has 4 aromatic rings. The summed E-state index contributed by atoms with van der Waals surface area (Å²) >= 11 is 0. The van der Waals surface area contributed by atoms with Gasteiger partial charge < -0.3 is 28.8 Å². The van der Waals surface area contributed by atoms with Crippen molar-refractivity contribution in [3.05, 3.63) is 77.7 Å². The molecule has 0 N–H and O–H groups in total. The third kappa shape index (κ3) is 4.99. The molecule has 1 aliphatic carbocycles. The number of pyridine rings is 1. The normalized spacial score (nSPS) is 17.4. The number of ether oxygens (including phenoxy) is 2. The second kappa shape index (κ2) is 10.9. The third-order valence-corrected chi connectivity index (χ3v) is 8.57. The number of fused-ring (bicyclic) bond motifs is 2. The van der Waals surface area contributed by atoms with Crippen molar-refractivity contribution in [2.45, 2.75) is 43.7 Å². The van der Waals surface area contributed by atoms with E-state index in [-0.39, 0.29) is 53.2 Å². The Labute approximate surface area is 264 Å². The van der Waals surface area contributed by atoms with Crippen LogP contribution in [0.15, 0.2) is 61.1 Å². The van der Waals surface area contributed by atoms with Gasteiger partial charge in [-0.15, -0.1) is 0 Å². The maximum absolute atomic E-state index is 13.6. The van der Waals surface area contributed by atoms with E-state index in [1.165, 1.54) is 12.3 Å². The van der Waals surface area contributed by atoms with Gasteiger partial charge in [-0.3, -0.25) is 14.6 Å². The molecule has 208 valence electrons. The van der Waals surface area contributed by atoms with Gasteiger partial charge >= 0.3 is 29.6 Å². The summed E-state index contributed by atoms with van der Waals surface area (Å²) in [6.45, 7) is 0.955. The fraction of sp³-hybridized carbons (Fsp3) is 0.312. The summed E-state index contributed by atoms with van der Waals surface area (Å²) in [6, 6.07) is 13.1. The largest absolute Gasteiger partial charge is 1.00 e. The SMILES string of the molecule is COc1cc(C(=O)N2CCC3(CC2)CC(=O)c2cc(-c4cncc(C(=O)[O-])c4)ccc2O3)cc2c1ccn2C1CC1.[Na+]. The Kier molecular flexibility index (Phi) is 7.37. The molecule has 3 aliphatic rings. The number of hydrogen-bond acceptors (Lipinski definition) is 7. The van der Waals surface area contributed by atoms with Crippen LogP contribution in [0.2, 0.25) is 0 Å². The van der Waals surface area contributed by atoms with E-state index in [2.05, 4.69) is 15.7 Å². The molecule has 1 spiro atoms. The molecule has 0 unspecified atom stereocenters. The smallest absolute Gasteiger partial charge is 0.545 e. The van der Waals surface area contributed by atoms with Crippen molar-refractivity contribution in [2.75, 3.05) is 20.2 Å². The van der Waals surface area contributed by atoms with E-state index < -0.39 is 11.6 Å². The molecule has 1 amide bonds. The van der Waals surface area contributed by atoms with Crippen LogP contribution in [0.5, 0.6) is 11.5 Å². The number of rotatable bonds is 5. The van der Waals surface area contributed by atoms with Crippen molar-refractivity contribution in [2.24, 2.45) is 0 Å². The molecule has 2 aromatic heterocycles. The summed E-state index contributed by atoms with van der Waals surface area (Å²) < 4.78 is 14.3. The number of aromatic nitrogens is 2. The number of hydrogen-bond donors (Lipinski definition) is 0. The van der Waals surface area contributed by atoms with E-state index in [0.717, 1.165) is 23.7 Å². The van der Waals surface area contributed by atoms with Crippen molar-refractivity contribution in [3.8, 4) is 22.6 Å². The van der Waals surface area contributed by atoms with E-state index in [1.807, 2.05) is 23.1 Å². The Bertz CT molecular complexity index is 1740. The van der Waals surface area contributed by atoms with Crippen LogP contribution >= 0.6 is 0 Å². The number of piperidine rings is 1. The number of carboxylic acids is 1. The van der Waals surface area contributed by atoms with Gasteiger partial charge in [-0.05, 0) is 54.8 Å². The van der Waals surface area contributed by atoms with E-state index >= 15 is 0 Å². The molecule has 1 saturated carbocycles. The Morgan fingerprint density at radius 1 is 1.02 bits per heavy atom. The second-order valence-corrected chi connectivity index (χ2v) is 11.2. The monoisotopic (exact) mass is 573 g/mol. The summed E-state index contributed by atoms with van der Waals surface area (Å²) in [7, 11) is 1.63. The topological polar surface area (TPSA) is 114 Å². The quantitative estimate of drug-likeness (QED) is 0.328. The number of likely N-dealkylation sites (tertiary alicyclic amines) is 1. The minimum absolute atomic E-state index is 0. The van der Waals surface area contributed by atoms with Gasteiger partial charge in [0.05, 0.1) is 30.6 Å². The van der Waals surface area contributed by atoms with Crippen molar-refractivity contribution in [3.63, 3.8) is 0 Å². The van der Waals surface area contributed by atoms with E-state index in [9.17, 15) is 19.5 Å². The second-order valence-electron chi connectivity index (χ2n) is 11.2. The van der Waals surface area contributed by atoms with Crippen LogP contribution in [0.4, 0.5) is 0 Å². The van der Waals surface area contributed by atoms with Crippen LogP contribution in [0, 0.1) is 0 Å². The number of carbonyl (C=O) groups excluding carboxylic acids is 3. The summed E-state index contributed by atoms with van der Waals surface area (Å²) in [4.78, 5) is 44.0. The number of methoxy groups -OCH3 is 1. The first kappa shape index (κ1) is 28.5. The van der Waals surface area contributed by atoms with Crippen LogP contribution in [0.1, 0.15) is 69.2 Å². The van der Waals surface area contributed by atoms with Crippen molar-refractivity contribution in [1.82, 2.24) is 14.5 Å². The zero-order valence-corrected chi connectivity index (χ0v) is 25.6. The predicted octanol–water partition coefficient (Wildman–Crippen LogP) is 1.05. The van der Waals surface area contributed by atoms with E-state index in [0.29, 0.717) is 65.7 Å². The number of amides is 1. The molecule has 0 atom stereocenters. The Balaban J connectivity index is 0.00000316. The van der Waals surface area contributed by atoms with Gasteiger partial charge in [-0.1, -0.05) is 6.07 Å². The number of nitrogens with zero attached hydrogens (tertiary/aromatic N) is 3. The fourth-order valence-corrected chi connectivity index (χ4v) is 6.15. The minimum atomic E-state index is -1.31. The van der Waals surface area contributed by atoms with Crippen LogP contribution in [0.3, 0.4) is 0 Å². The number of Topliss-reactive ketones (excluding diaryl/α,β-unsaturated/α-hetero) is 1. The standard InChI is InChI=1S/C32H29N3O6.Na/c1-40-29-15-20(14-26-24(29)6-9-35(26)23-3-4-23)30(37)34-10-7-32(8-11-34)16-27(36)25-13-19(2-5-28(25)41-32)21-12-22(31(38)39)18-33-17-21;/h2,5-6,9,12-15,17-18,23H,3-4,7-8,10-11,16H2,1H3,(H,38,39);/q;+1/p-1. The third-order valence-electron chi connectivity index (χ3n) is 8.57. The molecule has 2 aliphatic heterocycles. The Hall–Kier alpha value is -3.66. The number of ketones is 1. The molecule has 4 heterocycles. The molecular weight excluding hydrogens is 545 g/mol. The summed E-state index contributed by atoms with van der Waals surface area (Å²) in [5.74, 6) is -0.199. The maximum atomic E-state index is 13.6. The first-order valence-corrected chi connectivity index (χ1v) is 13.8. The number of aromatic carboxylic acids is 1. The average molecular weight is 574 g/mol. The fourth-order valence-electron chi connectivity index (χ4n) is 6.15. The van der Waals surface area contributed by atoms with Gasteiger partial charge in [-0.25, -0.2) is 0 Å². The van der Waals surface area contributed by atoms with E-state index in [4.69, 9.17) is 9.47 Å². The molecule has 9 nitrogen and oxygen atoms in total. The van der Waals surface area contributed by atoms with Crippen LogP contribution in [-0.4, -0.2) is 57.9 Å². The predicted molar refractivity (Wildman–Crippen MR) is 148 cm³/mol. The van der Waals surface area contributed by atoms with Gasteiger partial charge in [0.1, 0.15) is 17.1 Å². The molecule has 10 heteroatoms.